The molecular weight excluding hydrogens is 402 g/mol. The molecule has 1 atom stereocenters. The van der Waals surface area contributed by atoms with Crippen molar-refractivity contribution in [2.45, 2.75) is 10.8 Å². The molecule has 2 aliphatic heterocycles. The fraction of sp³-hybridized carbons (Fsp3) is 0.273. The van der Waals surface area contributed by atoms with Gasteiger partial charge in [0.15, 0.2) is 0 Å². The van der Waals surface area contributed by atoms with Crippen LogP contribution >= 0.6 is 0 Å². The lowest BCUT2D eigenvalue weighted by molar-refractivity contribution is -0.135. The summed E-state index contributed by atoms with van der Waals surface area (Å²) >= 11 is 0. The fourth-order valence-electron chi connectivity index (χ4n) is 3.65. The summed E-state index contributed by atoms with van der Waals surface area (Å²) in [5.74, 6) is -0.693. The molecule has 0 aliphatic carbocycles. The molecular formula is C22H21N3O4S. The maximum Gasteiger partial charge on any atom is 0.243 e. The summed E-state index contributed by atoms with van der Waals surface area (Å²) < 4.78 is 26.7. The zero-order valence-electron chi connectivity index (χ0n) is 16.2. The van der Waals surface area contributed by atoms with Gasteiger partial charge in [-0.1, -0.05) is 30.3 Å². The second-order valence-corrected chi connectivity index (χ2v) is 9.39. The summed E-state index contributed by atoms with van der Waals surface area (Å²) in [6.07, 6.45) is 0. The minimum atomic E-state index is -3.58. The number of carbonyl (C=O) groups is 1. The molecule has 2 aromatic carbocycles. The first-order valence-corrected chi connectivity index (χ1v) is 11.0. The number of aliphatic hydroxyl groups is 1. The number of hydrogen-bond acceptors (Lipinski definition) is 5. The third-order valence-corrected chi connectivity index (χ3v) is 7.42. The number of rotatable bonds is 5. The number of nitrogens with zero attached hydrogens (tertiary/aromatic N) is 3. The average molecular weight is 423 g/mol. The topological polar surface area (TPSA) is 102 Å². The summed E-state index contributed by atoms with van der Waals surface area (Å²) in [6, 6.07) is 17.0. The van der Waals surface area contributed by atoms with Gasteiger partial charge in [0.05, 0.1) is 29.1 Å². The molecule has 0 saturated carbocycles. The van der Waals surface area contributed by atoms with Crippen molar-refractivity contribution in [3.05, 3.63) is 76.9 Å². The predicted molar refractivity (Wildman–Crippen MR) is 110 cm³/mol. The second kappa shape index (κ2) is 8.03. The lowest BCUT2D eigenvalue weighted by Gasteiger charge is -2.42. The van der Waals surface area contributed by atoms with E-state index in [4.69, 9.17) is 5.26 Å². The van der Waals surface area contributed by atoms with Crippen molar-refractivity contribution in [1.82, 2.24) is 9.21 Å². The van der Waals surface area contributed by atoms with Crippen LogP contribution in [0.5, 0.6) is 0 Å². The summed E-state index contributed by atoms with van der Waals surface area (Å²) in [6.45, 7) is 1.34. The summed E-state index contributed by atoms with van der Waals surface area (Å²) in [7, 11) is -3.58. The number of nitriles is 1. The highest BCUT2D eigenvalue weighted by atomic mass is 32.2. The molecule has 4 rings (SSSR count). The van der Waals surface area contributed by atoms with Crippen LogP contribution in [0.3, 0.4) is 0 Å². The zero-order chi connectivity index (χ0) is 21.3. The highest BCUT2D eigenvalue weighted by molar-refractivity contribution is 7.89. The summed E-state index contributed by atoms with van der Waals surface area (Å²) in [5.41, 5.74) is 3.32. The number of carbonyl (C=O) groups excluding carboxylic acids is 1. The lowest BCUT2D eigenvalue weighted by Crippen LogP contribution is -2.52. The van der Waals surface area contributed by atoms with E-state index in [0.717, 1.165) is 16.7 Å². The van der Waals surface area contributed by atoms with E-state index in [1.165, 1.54) is 28.6 Å². The molecule has 0 aromatic heterocycles. The Hall–Kier alpha value is -2.99. The molecule has 30 heavy (non-hydrogen) atoms. The van der Waals surface area contributed by atoms with E-state index in [-0.39, 0.29) is 17.4 Å². The van der Waals surface area contributed by atoms with Gasteiger partial charge in [-0.25, -0.2) is 8.42 Å². The molecule has 8 heteroatoms. The molecule has 154 valence electrons. The zero-order valence-corrected chi connectivity index (χ0v) is 17.0. The molecule has 1 N–H and O–H groups in total. The van der Waals surface area contributed by atoms with Crippen LogP contribution in [0.1, 0.15) is 17.0 Å². The van der Waals surface area contributed by atoms with Crippen molar-refractivity contribution in [2.75, 3.05) is 32.8 Å². The Morgan fingerprint density at radius 3 is 2.17 bits per heavy atom. The molecule has 1 amide bonds. The van der Waals surface area contributed by atoms with Gasteiger partial charge in [-0.15, -0.1) is 0 Å². The Bertz CT molecular complexity index is 1120. The van der Waals surface area contributed by atoms with Gasteiger partial charge in [-0.05, 0) is 41.0 Å². The molecule has 2 heterocycles. The number of benzene rings is 2. The number of aliphatic hydroxyl groups excluding tert-OH is 1. The van der Waals surface area contributed by atoms with Gasteiger partial charge in [0.1, 0.15) is 0 Å². The molecule has 0 unspecified atom stereocenters. The molecule has 2 aliphatic rings. The van der Waals surface area contributed by atoms with Gasteiger partial charge in [0.25, 0.3) is 0 Å². The number of amides is 1. The van der Waals surface area contributed by atoms with Gasteiger partial charge >= 0.3 is 0 Å². The molecule has 7 nitrogen and oxygen atoms in total. The molecule has 0 radical (unpaired) electrons. The van der Waals surface area contributed by atoms with E-state index in [0.29, 0.717) is 31.7 Å². The standard InChI is InChI=1S/C22H21N3O4S/c23-10-16-6-8-20(9-7-16)30(28,29)25-13-19(14-25)18-11-24(12-18)22(27)21(15-26)17-4-2-1-3-5-17/h1-9,21,26H,11-15H2/t21-/m1/s1. The monoisotopic (exact) mass is 423 g/mol. The van der Waals surface area contributed by atoms with Gasteiger partial charge in [0, 0.05) is 26.2 Å². The van der Waals surface area contributed by atoms with Crippen LogP contribution in [0.4, 0.5) is 0 Å². The minimum Gasteiger partial charge on any atom is -0.395 e. The number of likely N-dealkylation sites (tertiary alicyclic amines) is 1. The van der Waals surface area contributed by atoms with Crippen molar-refractivity contribution >= 4 is 15.9 Å². The third-order valence-electron chi connectivity index (χ3n) is 5.61. The smallest absolute Gasteiger partial charge is 0.243 e. The minimum absolute atomic E-state index is 0.116. The van der Waals surface area contributed by atoms with Crippen molar-refractivity contribution in [3.63, 3.8) is 0 Å². The first-order chi connectivity index (χ1) is 14.4. The van der Waals surface area contributed by atoms with Crippen LogP contribution in [0.25, 0.3) is 0 Å². The normalized spacial score (nSPS) is 17.7. The van der Waals surface area contributed by atoms with E-state index in [9.17, 15) is 18.3 Å². The van der Waals surface area contributed by atoms with Crippen LogP contribution in [-0.2, 0) is 14.8 Å². The van der Waals surface area contributed by atoms with E-state index >= 15 is 0 Å². The van der Waals surface area contributed by atoms with E-state index in [1.54, 1.807) is 4.90 Å². The van der Waals surface area contributed by atoms with Gasteiger partial charge in [-0.3, -0.25) is 4.79 Å². The Balaban J connectivity index is 1.37. The van der Waals surface area contributed by atoms with Gasteiger partial charge in [0.2, 0.25) is 15.9 Å². The molecule has 0 spiro atoms. The third kappa shape index (κ3) is 3.63. The summed E-state index contributed by atoms with van der Waals surface area (Å²) in [5, 5.41) is 18.5. The Morgan fingerprint density at radius 2 is 1.60 bits per heavy atom. The lowest BCUT2D eigenvalue weighted by atomic mass is 9.92. The van der Waals surface area contributed by atoms with Gasteiger partial charge < -0.3 is 10.0 Å². The van der Waals surface area contributed by atoms with Crippen LogP contribution in [0.15, 0.2) is 70.6 Å². The average Bonchev–Trinajstić information content (AvgIpc) is 2.69. The molecule has 0 bridgehead atoms. The van der Waals surface area contributed by atoms with Crippen molar-refractivity contribution in [3.8, 4) is 6.07 Å². The Kier molecular flexibility index (Phi) is 5.43. The maximum absolute atomic E-state index is 12.7. The molecule has 2 fully saturated rings. The van der Waals surface area contributed by atoms with Crippen LogP contribution in [0, 0.1) is 11.3 Å². The Labute approximate surface area is 175 Å². The fourth-order valence-corrected chi connectivity index (χ4v) is 5.08. The van der Waals surface area contributed by atoms with Crippen LogP contribution < -0.4 is 0 Å². The van der Waals surface area contributed by atoms with E-state index in [2.05, 4.69) is 0 Å². The SMILES string of the molecule is N#Cc1ccc(S(=O)(=O)N2CC(=C3CN(C(=O)[C@H](CO)c4ccccc4)C3)C2)cc1. The second-order valence-electron chi connectivity index (χ2n) is 7.46. The van der Waals surface area contributed by atoms with Crippen molar-refractivity contribution in [2.24, 2.45) is 0 Å². The quantitative estimate of drug-likeness (QED) is 0.734. The predicted octanol–water partition coefficient (Wildman–Crippen LogP) is 1.48. The van der Waals surface area contributed by atoms with E-state index in [1.807, 2.05) is 36.4 Å². The number of sulfonamides is 1. The summed E-state index contributed by atoms with van der Waals surface area (Å²) in [4.78, 5) is 14.6. The van der Waals surface area contributed by atoms with Crippen molar-refractivity contribution in [1.29, 1.82) is 5.26 Å². The van der Waals surface area contributed by atoms with Gasteiger partial charge in [-0.2, -0.15) is 9.57 Å². The molecule has 2 aromatic rings. The highest BCUT2D eigenvalue weighted by Crippen LogP contribution is 2.31. The first kappa shape index (κ1) is 20.3. The Morgan fingerprint density at radius 1 is 1.00 bits per heavy atom. The van der Waals surface area contributed by atoms with E-state index < -0.39 is 15.9 Å². The first-order valence-electron chi connectivity index (χ1n) is 9.58. The van der Waals surface area contributed by atoms with Crippen molar-refractivity contribution < 1.29 is 18.3 Å². The maximum atomic E-state index is 12.7. The van der Waals surface area contributed by atoms with Crippen LogP contribution in [0.2, 0.25) is 0 Å². The highest BCUT2D eigenvalue weighted by Gasteiger charge is 2.39. The van der Waals surface area contributed by atoms with Crippen LogP contribution in [-0.4, -0.2) is 61.4 Å². The number of hydrogen-bond donors (Lipinski definition) is 1. The largest absolute Gasteiger partial charge is 0.395 e. The molecule has 2 saturated heterocycles.